The second-order valence-electron chi connectivity index (χ2n) is 4.87. The molecule has 0 aromatic heterocycles. The highest BCUT2D eigenvalue weighted by atomic mass is 19.4. The van der Waals surface area contributed by atoms with Gasteiger partial charge in [-0.15, -0.1) is 0 Å². The Balaban J connectivity index is 3.00. The van der Waals surface area contributed by atoms with Crippen molar-refractivity contribution in [1.29, 1.82) is 0 Å². The molecule has 25 heavy (non-hydrogen) atoms. The highest BCUT2D eigenvalue weighted by Crippen LogP contribution is 2.22. The third kappa shape index (κ3) is 7.06. The highest BCUT2D eigenvalue weighted by molar-refractivity contribution is 5.97. The van der Waals surface area contributed by atoms with Crippen LogP contribution in [0.25, 0.3) is 0 Å². The summed E-state index contributed by atoms with van der Waals surface area (Å²) in [4.78, 5) is 34.9. The number of carboxylic acids is 1. The average molecular weight is 359 g/mol. The molecule has 1 rings (SSSR count). The zero-order valence-electron chi connectivity index (χ0n) is 13.2. The summed E-state index contributed by atoms with van der Waals surface area (Å²) in [6.45, 7) is 1.22. The summed E-state index contributed by atoms with van der Waals surface area (Å²) in [6.07, 6.45) is -6.03. The van der Waals surface area contributed by atoms with Crippen LogP contribution in [0, 0.1) is 0 Å². The van der Waals surface area contributed by atoms with Crippen molar-refractivity contribution in [2.45, 2.75) is 25.6 Å². The summed E-state index contributed by atoms with van der Waals surface area (Å²) in [5.41, 5.74) is -0.763. The highest BCUT2D eigenvalue weighted by Gasteiger charge is 2.31. The summed E-state index contributed by atoms with van der Waals surface area (Å²) >= 11 is 0. The molecule has 0 spiro atoms. The number of carbonyl (C=O) groups excluding carboxylic acids is 2. The Hall–Kier alpha value is -2.84. The molecule has 9 heteroatoms. The van der Waals surface area contributed by atoms with Gasteiger partial charge in [0.15, 0.2) is 0 Å². The topological polar surface area (TPSA) is 92.7 Å². The van der Waals surface area contributed by atoms with Gasteiger partial charge in [-0.05, 0) is 19.1 Å². The van der Waals surface area contributed by atoms with E-state index in [1.807, 2.05) is 0 Å². The Labute approximate surface area is 141 Å². The summed E-state index contributed by atoms with van der Waals surface area (Å²) in [5, 5.41) is 11.2. The lowest BCUT2D eigenvalue weighted by Gasteiger charge is -2.16. The number of allylic oxidation sites excluding steroid dienone is 1. The molecule has 0 fully saturated rings. The quantitative estimate of drug-likeness (QED) is 0.576. The molecule has 0 saturated carbocycles. The van der Waals surface area contributed by atoms with Gasteiger partial charge in [0.05, 0.1) is 6.61 Å². The van der Waals surface area contributed by atoms with Gasteiger partial charge < -0.3 is 15.2 Å². The Kier molecular flexibility index (Phi) is 7.16. The SMILES string of the molecule is CCOC(=O)/C(=C\C(F)(F)F)C[C@@H](NC(=O)c1ccccc1)C(=O)O. The molecule has 1 aromatic rings. The zero-order chi connectivity index (χ0) is 19.0. The first-order chi connectivity index (χ1) is 11.6. The lowest BCUT2D eigenvalue weighted by atomic mass is 10.0. The van der Waals surface area contributed by atoms with E-state index in [0.717, 1.165) is 0 Å². The molecule has 2 N–H and O–H groups in total. The maximum Gasteiger partial charge on any atom is 0.410 e. The van der Waals surface area contributed by atoms with Crippen LogP contribution in [0.15, 0.2) is 42.0 Å². The fraction of sp³-hybridized carbons (Fsp3) is 0.312. The van der Waals surface area contributed by atoms with E-state index in [9.17, 15) is 27.6 Å². The fourth-order valence-electron chi connectivity index (χ4n) is 1.87. The summed E-state index contributed by atoms with van der Waals surface area (Å²) in [6, 6.07) is 5.80. The van der Waals surface area contributed by atoms with Crippen LogP contribution in [0.2, 0.25) is 0 Å². The van der Waals surface area contributed by atoms with Crippen LogP contribution in [-0.4, -0.2) is 41.8 Å². The molecule has 1 amide bonds. The largest absolute Gasteiger partial charge is 0.480 e. The van der Waals surface area contributed by atoms with Gasteiger partial charge in [0.25, 0.3) is 5.91 Å². The molecule has 0 aliphatic rings. The number of ether oxygens (including phenoxy) is 1. The lowest BCUT2D eigenvalue weighted by molar-refractivity contribution is -0.140. The summed E-state index contributed by atoms with van der Waals surface area (Å²) in [7, 11) is 0. The molecule has 0 aliphatic heterocycles. The first-order valence-corrected chi connectivity index (χ1v) is 7.18. The van der Waals surface area contributed by atoms with Crippen molar-refractivity contribution in [3.8, 4) is 0 Å². The number of rotatable bonds is 7. The number of amides is 1. The normalized spacial score (nSPS) is 13.0. The molecule has 0 radical (unpaired) electrons. The molecule has 0 saturated heterocycles. The van der Waals surface area contributed by atoms with Gasteiger partial charge in [-0.3, -0.25) is 4.79 Å². The van der Waals surface area contributed by atoms with E-state index in [4.69, 9.17) is 5.11 Å². The molecule has 0 bridgehead atoms. The molecular weight excluding hydrogens is 343 g/mol. The number of carboxylic acid groups (broad SMARTS) is 1. The molecule has 6 nitrogen and oxygen atoms in total. The second kappa shape index (κ2) is 8.86. The molecule has 0 unspecified atom stereocenters. The Morgan fingerprint density at radius 3 is 2.32 bits per heavy atom. The Morgan fingerprint density at radius 1 is 1.24 bits per heavy atom. The molecular formula is C16H16F3NO5. The van der Waals surface area contributed by atoms with E-state index in [1.165, 1.54) is 31.2 Å². The smallest absolute Gasteiger partial charge is 0.410 e. The number of hydrogen-bond acceptors (Lipinski definition) is 4. The van der Waals surface area contributed by atoms with Gasteiger partial charge >= 0.3 is 18.1 Å². The van der Waals surface area contributed by atoms with Gasteiger partial charge in [-0.25, -0.2) is 9.59 Å². The third-order valence-electron chi connectivity index (χ3n) is 2.94. The van der Waals surface area contributed by atoms with Gasteiger partial charge in [-0.1, -0.05) is 18.2 Å². The number of esters is 1. The average Bonchev–Trinajstić information content (AvgIpc) is 2.53. The molecule has 0 aliphatic carbocycles. The number of benzene rings is 1. The van der Waals surface area contributed by atoms with Crippen molar-refractivity contribution in [3.63, 3.8) is 0 Å². The Morgan fingerprint density at radius 2 is 1.84 bits per heavy atom. The first kappa shape index (κ1) is 20.2. The molecule has 1 aromatic carbocycles. The Bertz CT molecular complexity index is 655. The summed E-state index contributed by atoms with van der Waals surface area (Å²) < 4.78 is 42.2. The van der Waals surface area contributed by atoms with Crippen molar-refractivity contribution >= 4 is 17.8 Å². The van der Waals surface area contributed by atoms with E-state index >= 15 is 0 Å². The number of halogens is 3. The third-order valence-corrected chi connectivity index (χ3v) is 2.94. The maximum atomic E-state index is 12.6. The van der Waals surface area contributed by atoms with E-state index in [0.29, 0.717) is 0 Å². The molecule has 0 heterocycles. The van der Waals surface area contributed by atoms with Crippen molar-refractivity contribution in [2.75, 3.05) is 6.61 Å². The van der Waals surface area contributed by atoms with Crippen LogP contribution in [0.5, 0.6) is 0 Å². The van der Waals surface area contributed by atoms with Gasteiger partial charge in [0.2, 0.25) is 0 Å². The number of carbonyl (C=O) groups is 3. The number of aliphatic carboxylic acids is 1. The van der Waals surface area contributed by atoms with Crippen LogP contribution in [0.4, 0.5) is 13.2 Å². The van der Waals surface area contributed by atoms with E-state index in [1.54, 1.807) is 6.07 Å². The van der Waals surface area contributed by atoms with Crippen LogP contribution < -0.4 is 5.32 Å². The lowest BCUT2D eigenvalue weighted by Crippen LogP contribution is -2.41. The van der Waals surface area contributed by atoms with Crippen molar-refractivity contribution in [1.82, 2.24) is 5.32 Å². The monoisotopic (exact) mass is 359 g/mol. The fourth-order valence-corrected chi connectivity index (χ4v) is 1.87. The number of alkyl halides is 3. The molecule has 136 valence electrons. The van der Waals surface area contributed by atoms with Crippen molar-refractivity contribution in [2.24, 2.45) is 0 Å². The summed E-state index contributed by atoms with van der Waals surface area (Å²) in [5.74, 6) is -3.66. The van der Waals surface area contributed by atoms with Crippen LogP contribution in [0.3, 0.4) is 0 Å². The maximum absolute atomic E-state index is 12.6. The number of nitrogens with one attached hydrogen (secondary N) is 1. The second-order valence-corrected chi connectivity index (χ2v) is 4.87. The number of hydrogen-bond donors (Lipinski definition) is 2. The minimum absolute atomic E-state index is 0.131. The van der Waals surface area contributed by atoms with E-state index in [2.05, 4.69) is 10.1 Å². The van der Waals surface area contributed by atoms with Crippen molar-refractivity contribution in [3.05, 3.63) is 47.5 Å². The minimum atomic E-state index is -4.84. The minimum Gasteiger partial charge on any atom is -0.480 e. The van der Waals surface area contributed by atoms with Crippen LogP contribution in [0.1, 0.15) is 23.7 Å². The van der Waals surface area contributed by atoms with Crippen LogP contribution in [-0.2, 0) is 14.3 Å². The van der Waals surface area contributed by atoms with Gasteiger partial charge in [0, 0.05) is 23.6 Å². The van der Waals surface area contributed by atoms with E-state index in [-0.39, 0.29) is 18.2 Å². The van der Waals surface area contributed by atoms with Gasteiger partial charge in [-0.2, -0.15) is 13.2 Å². The van der Waals surface area contributed by atoms with E-state index < -0.39 is 42.1 Å². The standard InChI is InChI=1S/C16H16F3NO5/c1-2-25-15(24)11(9-16(17,18)19)8-12(14(22)23)20-13(21)10-6-4-3-5-7-10/h3-7,9,12H,2,8H2,1H3,(H,20,21)(H,22,23)/b11-9-/t12-/m1/s1. The van der Waals surface area contributed by atoms with Gasteiger partial charge in [0.1, 0.15) is 6.04 Å². The van der Waals surface area contributed by atoms with Crippen molar-refractivity contribution < 1.29 is 37.4 Å². The van der Waals surface area contributed by atoms with Crippen LogP contribution >= 0.6 is 0 Å². The predicted octanol–water partition coefficient (Wildman–Crippen LogP) is 2.31. The predicted molar refractivity (Wildman–Crippen MR) is 80.7 cm³/mol. The zero-order valence-corrected chi connectivity index (χ0v) is 13.2. The molecule has 1 atom stereocenters. The first-order valence-electron chi connectivity index (χ1n) is 7.18.